The van der Waals surface area contributed by atoms with Gasteiger partial charge in [0.15, 0.2) is 0 Å². The highest BCUT2D eigenvalue weighted by Crippen LogP contribution is 2.21. The smallest absolute Gasteiger partial charge is 0.243 e. The number of methoxy groups -OCH3 is 2. The third kappa shape index (κ3) is 4.72. The van der Waals surface area contributed by atoms with Crippen molar-refractivity contribution < 1.29 is 22.3 Å². The van der Waals surface area contributed by atoms with Crippen molar-refractivity contribution in [2.24, 2.45) is 5.73 Å². The Morgan fingerprint density at radius 1 is 1.19 bits per heavy atom. The molecule has 6 nitrogen and oxygen atoms in total. The van der Waals surface area contributed by atoms with Crippen molar-refractivity contribution in [3.05, 3.63) is 29.6 Å². The van der Waals surface area contributed by atoms with E-state index >= 15 is 0 Å². The van der Waals surface area contributed by atoms with Crippen molar-refractivity contribution in [2.75, 3.05) is 40.5 Å². The predicted molar refractivity (Wildman–Crippen MR) is 76.8 cm³/mol. The van der Waals surface area contributed by atoms with Crippen LogP contribution in [0.25, 0.3) is 0 Å². The zero-order valence-corrected chi connectivity index (χ0v) is 13.0. The molecule has 21 heavy (non-hydrogen) atoms. The van der Waals surface area contributed by atoms with Gasteiger partial charge in [0.1, 0.15) is 5.82 Å². The molecule has 0 unspecified atom stereocenters. The first-order chi connectivity index (χ1) is 9.97. The molecule has 1 aromatic carbocycles. The average Bonchev–Trinajstić information content (AvgIpc) is 2.47. The molecule has 0 aromatic heterocycles. The summed E-state index contributed by atoms with van der Waals surface area (Å²) in [5.74, 6) is -0.621. The lowest BCUT2D eigenvalue weighted by Gasteiger charge is -2.22. The maximum atomic E-state index is 13.4. The maximum Gasteiger partial charge on any atom is 0.243 e. The maximum absolute atomic E-state index is 13.4. The van der Waals surface area contributed by atoms with E-state index in [9.17, 15) is 12.8 Å². The van der Waals surface area contributed by atoms with Gasteiger partial charge in [0.25, 0.3) is 0 Å². The Kier molecular flexibility index (Phi) is 7.20. The molecule has 0 aliphatic heterocycles. The largest absolute Gasteiger partial charge is 0.383 e. The summed E-state index contributed by atoms with van der Waals surface area (Å²) in [5.41, 5.74) is 5.91. The van der Waals surface area contributed by atoms with E-state index in [1.165, 1.54) is 30.7 Å². The van der Waals surface area contributed by atoms with Gasteiger partial charge in [-0.25, -0.2) is 12.8 Å². The topological polar surface area (TPSA) is 81.9 Å². The highest BCUT2D eigenvalue weighted by molar-refractivity contribution is 7.89. The van der Waals surface area contributed by atoms with Crippen LogP contribution in [0.3, 0.4) is 0 Å². The van der Waals surface area contributed by atoms with Crippen molar-refractivity contribution >= 4 is 10.0 Å². The van der Waals surface area contributed by atoms with Gasteiger partial charge in [0.2, 0.25) is 10.0 Å². The van der Waals surface area contributed by atoms with Gasteiger partial charge in [0.05, 0.1) is 18.1 Å². The van der Waals surface area contributed by atoms with Crippen molar-refractivity contribution in [1.82, 2.24) is 4.31 Å². The molecule has 8 heteroatoms. The number of benzene rings is 1. The van der Waals surface area contributed by atoms with Crippen LogP contribution in [0.1, 0.15) is 5.56 Å². The van der Waals surface area contributed by atoms with E-state index in [2.05, 4.69) is 0 Å². The van der Waals surface area contributed by atoms with E-state index in [4.69, 9.17) is 15.2 Å². The molecule has 0 saturated carbocycles. The lowest BCUT2D eigenvalue weighted by atomic mass is 10.2. The zero-order chi connectivity index (χ0) is 15.9. The number of ether oxygens (including phenoxy) is 2. The van der Waals surface area contributed by atoms with Crippen LogP contribution in [0.5, 0.6) is 0 Å². The minimum absolute atomic E-state index is 0.0111. The molecule has 0 bridgehead atoms. The van der Waals surface area contributed by atoms with E-state index in [0.717, 1.165) is 6.07 Å². The number of nitrogens with zero attached hydrogens (tertiary/aromatic N) is 1. The first-order valence-corrected chi connectivity index (χ1v) is 7.88. The summed E-state index contributed by atoms with van der Waals surface area (Å²) in [5, 5.41) is 0. The highest BCUT2D eigenvalue weighted by atomic mass is 32.2. The minimum Gasteiger partial charge on any atom is -0.383 e. The van der Waals surface area contributed by atoms with Crippen LogP contribution >= 0.6 is 0 Å². The minimum atomic E-state index is -3.86. The molecule has 0 heterocycles. The van der Waals surface area contributed by atoms with Gasteiger partial charge in [-0.05, 0) is 17.7 Å². The molecule has 0 amide bonds. The van der Waals surface area contributed by atoms with E-state index in [-0.39, 0.29) is 37.7 Å². The fourth-order valence-electron chi connectivity index (χ4n) is 1.81. The van der Waals surface area contributed by atoms with Crippen LogP contribution in [0, 0.1) is 5.82 Å². The second-order valence-electron chi connectivity index (χ2n) is 4.35. The second-order valence-corrected chi connectivity index (χ2v) is 6.25. The normalized spacial score (nSPS) is 12.0. The van der Waals surface area contributed by atoms with Gasteiger partial charge in [-0.1, -0.05) is 6.07 Å². The molecule has 0 aliphatic rings. The Balaban J connectivity index is 3.17. The van der Waals surface area contributed by atoms with Crippen LogP contribution in [-0.2, 0) is 26.0 Å². The Labute approximate surface area is 124 Å². The predicted octanol–water partition coefficient (Wildman–Crippen LogP) is 0.568. The highest BCUT2D eigenvalue weighted by Gasteiger charge is 2.26. The van der Waals surface area contributed by atoms with E-state index < -0.39 is 15.8 Å². The fraction of sp³-hybridized carbons (Fsp3) is 0.538. The van der Waals surface area contributed by atoms with Gasteiger partial charge < -0.3 is 15.2 Å². The third-order valence-corrected chi connectivity index (χ3v) is 4.94. The third-order valence-electron chi connectivity index (χ3n) is 2.96. The summed E-state index contributed by atoms with van der Waals surface area (Å²) in [6, 6.07) is 3.56. The molecule has 0 aliphatic carbocycles. The van der Waals surface area contributed by atoms with Crippen LogP contribution < -0.4 is 5.73 Å². The fourth-order valence-corrected chi connectivity index (χ4v) is 3.47. The van der Waals surface area contributed by atoms with E-state index in [1.807, 2.05) is 0 Å². The molecule has 1 rings (SSSR count). The van der Waals surface area contributed by atoms with Crippen LogP contribution in [-0.4, -0.2) is 53.2 Å². The summed E-state index contributed by atoms with van der Waals surface area (Å²) in [6.45, 7) is 0.787. The first-order valence-electron chi connectivity index (χ1n) is 6.44. The summed E-state index contributed by atoms with van der Waals surface area (Å²) in [4.78, 5) is -0.114. The average molecular weight is 320 g/mol. The Hall–Kier alpha value is -1.06. The molecule has 0 saturated heterocycles. The zero-order valence-electron chi connectivity index (χ0n) is 12.2. The number of hydrogen-bond acceptors (Lipinski definition) is 5. The summed E-state index contributed by atoms with van der Waals surface area (Å²) < 4.78 is 49.8. The van der Waals surface area contributed by atoms with Gasteiger partial charge in [-0.15, -0.1) is 0 Å². The molecular formula is C13H21FN2O4S. The second kappa shape index (κ2) is 8.40. The monoisotopic (exact) mass is 320 g/mol. The molecular weight excluding hydrogens is 299 g/mol. The molecule has 1 aromatic rings. The summed E-state index contributed by atoms with van der Waals surface area (Å²) in [7, 11) is -0.896. The van der Waals surface area contributed by atoms with Crippen LogP contribution in [0.4, 0.5) is 4.39 Å². The van der Waals surface area contributed by atoms with Crippen molar-refractivity contribution in [2.45, 2.75) is 11.4 Å². The number of hydrogen-bond donors (Lipinski definition) is 1. The lowest BCUT2D eigenvalue weighted by molar-refractivity contribution is 0.150. The summed E-state index contributed by atoms with van der Waals surface area (Å²) in [6.07, 6.45) is 0. The summed E-state index contributed by atoms with van der Waals surface area (Å²) >= 11 is 0. The van der Waals surface area contributed by atoms with Crippen molar-refractivity contribution in [3.8, 4) is 0 Å². The quantitative estimate of drug-likeness (QED) is 0.719. The number of rotatable bonds is 9. The van der Waals surface area contributed by atoms with Crippen LogP contribution in [0.2, 0.25) is 0 Å². The van der Waals surface area contributed by atoms with Gasteiger partial charge in [-0.2, -0.15) is 4.31 Å². The SMILES string of the molecule is COCCN(CCOC)S(=O)(=O)c1cc(F)ccc1CN. The van der Waals surface area contributed by atoms with Crippen LogP contribution in [0.15, 0.2) is 23.1 Å². The number of nitrogens with two attached hydrogens (primary N) is 1. The van der Waals surface area contributed by atoms with Crippen molar-refractivity contribution in [3.63, 3.8) is 0 Å². The molecule has 0 atom stereocenters. The standard InChI is InChI=1S/C13H21FN2O4S/c1-19-7-5-16(6-8-20-2)21(17,18)13-9-12(14)4-3-11(13)10-15/h3-4,9H,5-8,10,15H2,1-2H3. The van der Waals surface area contributed by atoms with E-state index in [0.29, 0.717) is 5.56 Å². The number of sulfonamides is 1. The molecule has 0 spiro atoms. The number of halogens is 1. The molecule has 0 radical (unpaired) electrons. The van der Waals surface area contributed by atoms with Gasteiger partial charge in [-0.3, -0.25) is 0 Å². The Morgan fingerprint density at radius 2 is 1.76 bits per heavy atom. The first kappa shape index (κ1) is 18.0. The van der Waals surface area contributed by atoms with E-state index in [1.54, 1.807) is 0 Å². The molecule has 0 fully saturated rings. The van der Waals surface area contributed by atoms with Gasteiger partial charge in [0, 0.05) is 33.9 Å². The Bertz CT molecular complexity index is 543. The lowest BCUT2D eigenvalue weighted by Crippen LogP contribution is -2.37. The Morgan fingerprint density at radius 3 is 2.24 bits per heavy atom. The molecule has 120 valence electrons. The van der Waals surface area contributed by atoms with Crippen molar-refractivity contribution in [1.29, 1.82) is 0 Å². The van der Waals surface area contributed by atoms with Gasteiger partial charge >= 0.3 is 0 Å². The molecule has 2 N–H and O–H groups in total.